The maximum absolute atomic E-state index is 5.59. The van der Waals surface area contributed by atoms with E-state index < -0.39 is 0 Å². The molecule has 1 rings (SSSR count). The van der Waals surface area contributed by atoms with E-state index >= 15 is 0 Å². The zero-order valence-corrected chi connectivity index (χ0v) is 12.9. The van der Waals surface area contributed by atoms with E-state index in [1.165, 1.54) is 5.56 Å². The number of hydrogen-bond acceptors (Lipinski definition) is 1. The van der Waals surface area contributed by atoms with Crippen LogP contribution in [0, 0.1) is 0 Å². The van der Waals surface area contributed by atoms with Gasteiger partial charge in [-0.1, -0.05) is 44.0 Å². The van der Waals surface area contributed by atoms with Crippen LogP contribution in [0.5, 0.6) is 0 Å². The van der Waals surface area contributed by atoms with E-state index in [1.807, 2.05) is 0 Å². The highest BCUT2D eigenvalue weighted by molar-refractivity contribution is 9.10. The second-order valence-electron chi connectivity index (χ2n) is 4.11. The Hall–Kier alpha value is 0.140. The fourth-order valence-corrected chi connectivity index (χ4v) is 2.65. The molecular weight excluding hydrogens is 332 g/mol. The van der Waals surface area contributed by atoms with E-state index in [-0.39, 0.29) is 0 Å². The van der Waals surface area contributed by atoms with Gasteiger partial charge in [-0.25, -0.2) is 0 Å². The molecule has 1 aromatic carbocycles. The minimum absolute atomic E-state index is 0.318. The first-order valence-corrected chi connectivity index (χ1v) is 7.48. The number of rotatable bonds is 6. The van der Waals surface area contributed by atoms with Crippen LogP contribution in [0.15, 0.2) is 28.7 Å². The van der Waals surface area contributed by atoms with Gasteiger partial charge in [-0.2, -0.15) is 0 Å². The lowest BCUT2D eigenvalue weighted by molar-refractivity contribution is 0.0744. The molecule has 0 heterocycles. The number of hydrogen-bond donors (Lipinski definition) is 0. The third kappa shape index (κ3) is 4.98. The lowest BCUT2D eigenvalue weighted by Gasteiger charge is -2.16. The molecule has 1 unspecified atom stereocenters. The van der Waals surface area contributed by atoms with E-state index in [9.17, 15) is 0 Å². The summed E-state index contributed by atoms with van der Waals surface area (Å²) in [5.41, 5.74) is 1.36. The molecule has 0 aromatic heterocycles. The van der Waals surface area contributed by atoms with Gasteiger partial charge in [0.05, 0.1) is 6.10 Å². The minimum atomic E-state index is 0.318. The fraction of sp³-hybridized carbons (Fsp3) is 0.538. The van der Waals surface area contributed by atoms with Crippen molar-refractivity contribution >= 4 is 31.9 Å². The van der Waals surface area contributed by atoms with Crippen LogP contribution in [0.2, 0.25) is 0 Å². The molecule has 0 saturated heterocycles. The molecule has 0 spiro atoms. The van der Waals surface area contributed by atoms with Crippen molar-refractivity contribution < 1.29 is 4.74 Å². The Morgan fingerprint density at radius 3 is 2.62 bits per heavy atom. The Bertz CT molecular complexity index is 313. The Kier molecular flexibility index (Phi) is 6.62. The lowest BCUT2D eigenvalue weighted by Crippen LogP contribution is -2.09. The molecule has 16 heavy (non-hydrogen) atoms. The zero-order valence-electron chi connectivity index (χ0n) is 9.75. The highest BCUT2D eigenvalue weighted by Crippen LogP contribution is 2.24. The van der Waals surface area contributed by atoms with Gasteiger partial charge in [-0.3, -0.25) is 0 Å². The van der Waals surface area contributed by atoms with Crippen molar-refractivity contribution in [3.05, 3.63) is 34.3 Å². The average Bonchev–Trinajstić information content (AvgIpc) is 2.24. The van der Waals surface area contributed by atoms with Crippen molar-refractivity contribution in [2.24, 2.45) is 0 Å². The number of halogens is 2. The van der Waals surface area contributed by atoms with Crippen LogP contribution in [-0.2, 0) is 4.74 Å². The van der Waals surface area contributed by atoms with Gasteiger partial charge in [-0.05, 0) is 43.9 Å². The third-order valence-corrected chi connectivity index (χ3v) is 3.70. The van der Waals surface area contributed by atoms with Crippen LogP contribution < -0.4 is 0 Å². The Labute approximate surface area is 115 Å². The van der Waals surface area contributed by atoms with Crippen LogP contribution in [0.1, 0.15) is 31.7 Å². The molecule has 90 valence electrons. The maximum Gasteiger partial charge on any atom is 0.0518 e. The van der Waals surface area contributed by atoms with Crippen molar-refractivity contribution in [2.75, 3.05) is 11.9 Å². The minimum Gasteiger partial charge on any atom is -0.379 e. The second kappa shape index (κ2) is 7.46. The molecule has 0 aliphatic rings. The van der Waals surface area contributed by atoms with Gasteiger partial charge in [0, 0.05) is 16.4 Å². The smallest absolute Gasteiger partial charge is 0.0518 e. The summed E-state index contributed by atoms with van der Waals surface area (Å²) >= 11 is 7.08. The number of alkyl halides is 1. The SMILES string of the molecule is CC(C)OCCC(CBr)c1cccc(Br)c1. The topological polar surface area (TPSA) is 9.23 Å². The predicted octanol–water partition coefficient (Wildman–Crippen LogP) is 4.74. The Morgan fingerprint density at radius 2 is 2.06 bits per heavy atom. The molecule has 0 aliphatic heterocycles. The van der Waals surface area contributed by atoms with Gasteiger partial charge in [0.15, 0.2) is 0 Å². The summed E-state index contributed by atoms with van der Waals surface area (Å²) in [7, 11) is 0. The van der Waals surface area contributed by atoms with E-state index in [1.54, 1.807) is 0 Å². The third-order valence-electron chi connectivity index (χ3n) is 2.42. The second-order valence-corrected chi connectivity index (χ2v) is 5.68. The summed E-state index contributed by atoms with van der Waals surface area (Å²) in [6.45, 7) is 4.96. The van der Waals surface area contributed by atoms with Crippen molar-refractivity contribution in [3.63, 3.8) is 0 Å². The predicted molar refractivity (Wildman–Crippen MR) is 76.4 cm³/mol. The fourth-order valence-electron chi connectivity index (χ4n) is 1.54. The van der Waals surface area contributed by atoms with Crippen molar-refractivity contribution in [1.29, 1.82) is 0 Å². The normalized spacial score (nSPS) is 13.1. The molecule has 0 bridgehead atoms. The zero-order chi connectivity index (χ0) is 12.0. The average molecular weight is 350 g/mol. The van der Waals surface area contributed by atoms with Gasteiger partial charge in [0.25, 0.3) is 0 Å². The molecule has 0 amide bonds. The molecule has 1 aromatic rings. The highest BCUT2D eigenvalue weighted by atomic mass is 79.9. The number of benzene rings is 1. The van der Waals surface area contributed by atoms with E-state index in [4.69, 9.17) is 4.74 Å². The van der Waals surface area contributed by atoms with E-state index in [0.717, 1.165) is 22.8 Å². The summed E-state index contributed by atoms with van der Waals surface area (Å²) in [4.78, 5) is 0. The quantitative estimate of drug-likeness (QED) is 0.674. The van der Waals surface area contributed by atoms with Gasteiger partial charge in [-0.15, -0.1) is 0 Å². The molecule has 1 nitrogen and oxygen atoms in total. The van der Waals surface area contributed by atoms with Crippen LogP contribution in [0.4, 0.5) is 0 Å². The largest absolute Gasteiger partial charge is 0.379 e. The van der Waals surface area contributed by atoms with Gasteiger partial charge < -0.3 is 4.74 Å². The summed E-state index contributed by atoms with van der Waals surface area (Å²) in [5, 5.41) is 0.977. The van der Waals surface area contributed by atoms with Crippen LogP contribution >= 0.6 is 31.9 Å². The molecule has 0 aliphatic carbocycles. The monoisotopic (exact) mass is 348 g/mol. The molecular formula is C13H18Br2O. The lowest BCUT2D eigenvalue weighted by atomic mass is 9.98. The maximum atomic E-state index is 5.59. The standard InChI is InChI=1S/C13H18Br2O/c1-10(2)16-7-6-12(9-14)11-4-3-5-13(15)8-11/h3-5,8,10,12H,6-7,9H2,1-2H3. The van der Waals surface area contributed by atoms with E-state index in [0.29, 0.717) is 12.0 Å². The van der Waals surface area contributed by atoms with Crippen LogP contribution in [0.25, 0.3) is 0 Å². The molecule has 1 atom stereocenters. The Morgan fingerprint density at radius 1 is 1.31 bits per heavy atom. The summed E-state index contributed by atoms with van der Waals surface area (Å²) < 4.78 is 6.73. The molecule has 0 N–H and O–H groups in total. The summed E-state index contributed by atoms with van der Waals surface area (Å²) in [6, 6.07) is 8.49. The number of ether oxygens (including phenoxy) is 1. The summed E-state index contributed by atoms with van der Waals surface area (Å²) in [6.07, 6.45) is 1.37. The van der Waals surface area contributed by atoms with Crippen molar-refractivity contribution in [2.45, 2.75) is 32.3 Å². The first kappa shape index (κ1) is 14.2. The van der Waals surface area contributed by atoms with Gasteiger partial charge in [0.1, 0.15) is 0 Å². The first-order chi connectivity index (χ1) is 7.63. The van der Waals surface area contributed by atoms with Crippen LogP contribution in [-0.4, -0.2) is 18.0 Å². The molecule has 0 fully saturated rings. The van der Waals surface area contributed by atoms with E-state index in [2.05, 4.69) is 70.0 Å². The first-order valence-electron chi connectivity index (χ1n) is 5.56. The Balaban J connectivity index is 2.53. The van der Waals surface area contributed by atoms with Crippen molar-refractivity contribution in [3.8, 4) is 0 Å². The summed E-state index contributed by atoms with van der Waals surface area (Å²) in [5.74, 6) is 0.524. The molecule has 0 radical (unpaired) electrons. The molecule has 0 saturated carbocycles. The van der Waals surface area contributed by atoms with Gasteiger partial charge >= 0.3 is 0 Å². The highest BCUT2D eigenvalue weighted by Gasteiger charge is 2.10. The van der Waals surface area contributed by atoms with Crippen LogP contribution in [0.3, 0.4) is 0 Å². The van der Waals surface area contributed by atoms with Crippen molar-refractivity contribution in [1.82, 2.24) is 0 Å². The molecule has 3 heteroatoms. The van der Waals surface area contributed by atoms with Gasteiger partial charge in [0.2, 0.25) is 0 Å².